The first-order valence-electron chi connectivity index (χ1n) is 14.8. The number of nitrogen functional groups attached to an aromatic ring is 1. The Morgan fingerprint density at radius 2 is 1.80 bits per heavy atom. The molecule has 1 aliphatic heterocycles. The summed E-state index contributed by atoms with van der Waals surface area (Å²) >= 11 is 1.41. The SMILES string of the molecule is CCNC(C)OC(=O)c1c(-c2cc3cc(C)cc(OC)c3s2)c2c(N)ncnn2c1C(=O)N1CCN(C(=O)OC(C)(C)C)CC1. The van der Waals surface area contributed by atoms with Gasteiger partial charge in [-0.15, -0.1) is 11.3 Å². The molecule has 4 heterocycles. The number of benzene rings is 1. The lowest BCUT2D eigenvalue weighted by molar-refractivity contribution is 0.0139. The molecule has 1 fully saturated rings. The Labute approximate surface area is 265 Å². The van der Waals surface area contributed by atoms with Crippen molar-refractivity contribution in [2.24, 2.45) is 0 Å². The van der Waals surface area contributed by atoms with E-state index in [-0.39, 0.29) is 43.3 Å². The molecule has 0 saturated carbocycles. The van der Waals surface area contributed by atoms with Crippen molar-refractivity contribution in [1.29, 1.82) is 0 Å². The first kappa shape index (κ1) is 32.0. The normalized spacial score (nSPS) is 14.6. The van der Waals surface area contributed by atoms with E-state index >= 15 is 0 Å². The fourth-order valence-electron chi connectivity index (χ4n) is 5.41. The summed E-state index contributed by atoms with van der Waals surface area (Å²) in [7, 11) is 1.61. The van der Waals surface area contributed by atoms with Gasteiger partial charge in [0.2, 0.25) is 0 Å². The topological polar surface area (TPSA) is 154 Å². The Balaban J connectivity index is 1.64. The van der Waals surface area contributed by atoms with E-state index in [4.69, 9.17) is 19.9 Å². The molecule has 3 aromatic heterocycles. The molecule has 1 aromatic carbocycles. The molecule has 3 N–H and O–H groups in total. The number of ether oxygens (including phenoxy) is 3. The van der Waals surface area contributed by atoms with Gasteiger partial charge in [-0.1, -0.05) is 13.0 Å². The van der Waals surface area contributed by atoms with Gasteiger partial charge >= 0.3 is 12.1 Å². The van der Waals surface area contributed by atoms with Crippen LogP contribution >= 0.6 is 11.3 Å². The van der Waals surface area contributed by atoms with E-state index < -0.39 is 29.8 Å². The van der Waals surface area contributed by atoms with Crippen molar-refractivity contribution in [2.75, 3.05) is 45.6 Å². The minimum Gasteiger partial charge on any atom is -0.495 e. The zero-order valence-corrected chi connectivity index (χ0v) is 27.4. The number of carbonyl (C=O) groups is 3. The Bertz CT molecular complexity index is 1770. The highest BCUT2D eigenvalue weighted by Crippen LogP contribution is 2.44. The standard InChI is InChI=1S/C31H39N7O6S/c1-8-33-18(3)43-29(40)23-22(21-15-19-13-17(2)14-20(42-7)26(19)45-21)24-27(32)34-16-35-38(24)25(23)28(39)36-9-11-37(12-10-36)30(41)44-31(4,5)6/h13-16,18,33H,8-12H2,1-7H3,(H2,32,34,35). The first-order chi connectivity index (χ1) is 21.3. The lowest BCUT2D eigenvalue weighted by Gasteiger charge is -2.35. The zero-order chi connectivity index (χ0) is 32.6. The van der Waals surface area contributed by atoms with Gasteiger partial charge in [0.15, 0.2) is 12.0 Å². The van der Waals surface area contributed by atoms with E-state index in [0.29, 0.717) is 28.3 Å². The van der Waals surface area contributed by atoms with Crippen LogP contribution in [0.4, 0.5) is 10.6 Å². The largest absolute Gasteiger partial charge is 0.495 e. The number of piperazine rings is 1. The maximum absolute atomic E-state index is 14.4. The number of anilines is 1. The van der Waals surface area contributed by atoms with Crippen LogP contribution < -0.4 is 15.8 Å². The van der Waals surface area contributed by atoms with Crippen LogP contribution in [0.25, 0.3) is 26.0 Å². The van der Waals surface area contributed by atoms with Gasteiger partial charge < -0.3 is 29.7 Å². The fourth-order valence-corrected chi connectivity index (χ4v) is 6.59. The summed E-state index contributed by atoms with van der Waals surface area (Å²) in [6.45, 7) is 12.6. The summed E-state index contributed by atoms with van der Waals surface area (Å²) in [5.41, 5.74) is 7.57. The van der Waals surface area contributed by atoms with E-state index in [9.17, 15) is 14.4 Å². The highest BCUT2D eigenvalue weighted by molar-refractivity contribution is 7.22. The average molecular weight is 638 g/mol. The summed E-state index contributed by atoms with van der Waals surface area (Å²) in [6.07, 6.45) is 0.173. The molecule has 4 aromatic rings. The van der Waals surface area contributed by atoms with Gasteiger partial charge in [-0.25, -0.2) is 19.1 Å². The van der Waals surface area contributed by atoms with Gasteiger partial charge in [-0.2, -0.15) is 5.10 Å². The van der Waals surface area contributed by atoms with Gasteiger partial charge in [0.1, 0.15) is 34.5 Å². The summed E-state index contributed by atoms with van der Waals surface area (Å²) in [5, 5.41) is 8.38. The van der Waals surface area contributed by atoms with Crippen LogP contribution in [0.3, 0.4) is 0 Å². The van der Waals surface area contributed by atoms with Crippen LogP contribution in [0.2, 0.25) is 0 Å². The number of thiophene rings is 1. The van der Waals surface area contributed by atoms with Crippen LogP contribution in [0.1, 0.15) is 61.0 Å². The number of hydrogen-bond acceptors (Lipinski definition) is 11. The van der Waals surface area contributed by atoms with E-state index in [2.05, 4.69) is 15.4 Å². The third kappa shape index (κ3) is 6.38. The van der Waals surface area contributed by atoms with Crippen LogP contribution in [-0.4, -0.2) is 94.0 Å². The third-order valence-corrected chi connectivity index (χ3v) is 8.53. The smallest absolute Gasteiger partial charge is 0.410 e. The van der Waals surface area contributed by atoms with Crippen molar-refractivity contribution in [3.63, 3.8) is 0 Å². The second-order valence-corrected chi connectivity index (χ2v) is 12.9. The number of aromatic nitrogens is 3. The number of nitrogens with two attached hydrogens (primary N) is 1. The van der Waals surface area contributed by atoms with Crippen molar-refractivity contribution in [2.45, 2.75) is 53.4 Å². The molecule has 0 bridgehead atoms. The molecule has 0 aliphatic carbocycles. The van der Waals surface area contributed by atoms with E-state index in [1.54, 1.807) is 44.6 Å². The van der Waals surface area contributed by atoms with E-state index in [1.807, 2.05) is 32.0 Å². The Kier molecular flexibility index (Phi) is 8.90. The number of nitrogens with zero attached hydrogens (tertiary/aromatic N) is 5. The monoisotopic (exact) mass is 637 g/mol. The minimum atomic E-state index is -0.709. The van der Waals surface area contributed by atoms with Crippen molar-refractivity contribution >= 4 is 50.7 Å². The lowest BCUT2D eigenvalue weighted by atomic mass is 10.1. The molecule has 2 amide bonds. The third-order valence-electron chi connectivity index (χ3n) is 7.35. The van der Waals surface area contributed by atoms with Gasteiger partial charge in [0, 0.05) is 36.6 Å². The molecule has 1 saturated heterocycles. The number of methoxy groups -OCH3 is 1. The molecule has 240 valence electrons. The Hall–Kier alpha value is -4.43. The van der Waals surface area contributed by atoms with Crippen molar-refractivity contribution < 1.29 is 28.6 Å². The van der Waals surface area contributed by atoms with Gasteiger partial charge in [-0.05, 0) is 64.2 Å². The van der Waals surface area contributed by atoms with Crippen molar-refractivity contribution in [1.82, 2.24) is 29.7 Å². The predicted octanol–water partition coefficient (Wildman–Crippen LogP) is 4.32. The number of carbonyl (C=O) groups excluding carboxylic acids is 3. The predicted molar refractivity (Wildman–Crippen MR) is 172 cm³/mol. The second-order valence-electron chi connectivity index (χ2n) is 11.9. The molecule has 1 unspecified atom stereocenters. The van der Waals surface area contributed by atoms with Crippen molar-refractivity contribution in [3.8, 4) is 16.2 Å². The Morgan fingerprint density at radius 3 is 2.44 bits per heavy atom. The zero-order valence-electron chi connectivity index (χ0n) is 26.6. The molecule has 0 spiro atoms. The molecule has 1 aliphatic rings. The van der Waals surface area contributed by atoms with Gasteiger partial charge in [0.25, 0.3) is 5.91 Å². The number of fused-ring (bicyclic) bond motifs is 2. The maximum Gasteiger partial charge on any atom is 0.410 e. The first-order valence-corrected chi connectivity index (χ1v) is 15.6. The summed E-state index contributed by atoms with van der Waals surface area (Å²) < 4.78 is 19.2. The number of hydrogen-bond donors (Lipinski definition) is 2. The molecule has 5 rings (SSSR count). The van der Waals surface area contributed by atoms with Crippen LogP contribution in [-0.2, 0) is 9.47 Å². The number of nitrogens with one attached hydrogen (secondary N) is 1. The van der Waals surface area contributed by atoms with Crippen molar-refractivity contribution in [3.05, 3.63) is 41.3 Å². The highest BCUT2D eigenvalue weighted by atomic mass is 32.1. The minimum absolute atomic E-state index is 0.00844. The van der Waals surface area contributed by atoms with Crippen LogP contribution in [0, 0.1) is 6.92 Å². The summed E-state index contributed by atoms with van der Waals surface area (Å²) in [4.78, 5) is 49.1. The second kappa shape index (κ2) is 12.5. The molecular weight excluding hydrogens is 598 g/mol. The molecule has 0 radical (unpaired) electrons. The molecular formula is C31H39N7O6S. The van der Waals surface area contributed by atoms with Gasteiger partial charge in [0.05, 0.1) is 11.8 Å². The fraction of sp³-hybridized carbons (Fsp3) is 0.452. The highest BCUT2D eigenvalue weighted by Gasteiger charge is 2.37. The molecule has 45 heavy (non-hydrogen) atoms. The molecule has 14 heteroatoms. The van der Waals surface area contributed by atoms with E-state index in [0.717, 1.165) is 15.6 Å². The average Bonchev–Trinajstić information content (AvgIpc) is 3.55. The number of aryl methyl sites for hydroxylation is 1. The van der Waals surface area contributed by atoms with Crippen LogP contribution in [0.5, 0.6) is 5.75 Å². The maximum atomic E-state index is 14.4. The van der Waals surface area contributed by atoms with Gasteiger partial charge in [-0.3, -0.25) is 10.1 Å². The summed E-state index contributed by atoms with van der Waals surface area (Å²) in [6, 6.07) is 5.91. The number of amides is 2. The molecule has 13 nitrogen and oxygen atoms in total. The van der Waals surface area contributed by atoms with E-state index in [1.165, 1.54) is 22.2 Å². The lowest BCUT2D eigenvalue weighted by Crippen LogP contribution is -2.52. The number of esters is 1. The number of rotatable bonds is 7. The molecule has 1 atom stereocenters. The Morgan fingerprint density at radius 1 is 1.11 bits per heavy atom. The summed E-state index contributed by atoms with van der Waals surface area (Å²) in [5.74, 6) is -0.364. The van der Waals surface area contributed by atoms with Crippen LogP contribution in [0.15, 0.2) is 24.5 Å². The quantitative estimate of drug-likeness (QED) is 0.221.